The summed E-state index contributed by atoms with van der Waals surface area (Å²) in [6.07, 6.45) is 3.55. The molecule has 3 N–H and O–H groups in total. The Morgan fingerprint density at radius 1 is 1.38 bits per heavy atom. The van der Waals surface area contributed by atoms with Gasteiger partial charge in [-0.1, -0.05) is 6.07 Å². The summed E-state index contributed by atoms with van der Waals surface area (Å²) in [5.41, 5.74) is 7.29. The van der Waals surface area contributed by atoms with E-state index in [9.17, 15) is 5.11 Å². The first-order valence-electron chi connectivity index (χ1n) is 5.78. The molecule has 0 saturated heterocycles. The average molecular weight is 221 g/mol. The molecule has 1 aliphatic carbocycles. The molecule has 0 bridgehead atoms. The van der Waals surface area contributed by atoms with Gasteiger partial charge in [0.25, 0.3) is 0 Å². The number of benzene rings is 1. The van der Waals surface area contributed by atoms with Gasteiger partial charge in [0.2, 0.25) is 0 Å². The zero-order valence-electron chi connectivity index (χ0n) is 9.70. The van der Waals surface area contributed by atoms with Gasteiger partial charge in [0.15, 0.2) is 0 Å². The van der Waals surface area contributed by atoms with Crippen molar-refractivity contribution in [3.63, 3.8) is 0 Å². The van der Waals surface area contributed by atoms with Crippen molar-refractivity contribution in [2.75, 3.05) is 13.2 Å². The molecule has 0 heterocycles. The lowest BCUT2D eigenvalue weighted by molar-refractivity contribution is 0.0195. The Morgan fingerprint density at radius 3 is 2.88 bits per heavy atom. The van der Waals surface area contributed by atoms with Crippen LogP contribution in [-0.4, -0.2) is 23.9 Å². The summed E-state index contributed by atoms with van der Waals surface area (Å²) in [6.45, 7) is 2.13. The number of fused-ring (bicyclic) bond motifs is 1. The van der Waals surface area contributed by atoms with Gasteiger partial charge in [-0.15, -0.1) is 0 Å². The summed E-state index contributed by atoms with van der Waals surface area (Å²) in [4.78, 5) is 0. The number of hydrogen-bond donors (Lipinski definition) is 2. The monoisotopic (exact) mass is 221 g/mol. The lowest BCUT2D eigenvalue weighted by atomic mass is 10.1. The van der Waals surface area contributed by atoms with Gasteiger partial charge in [-0.3, -0.25) is 0 Å². The second-order valence-corrected chi connectivity index (χ2v) is 4.77. The molecule has 16 heavy (non-hydrogen) atoms. The number of hydrogen-bond acceptors (Lipinski definition) is 3. The topological polar surface area (TPSA) is 55.5 Å². The van der Waals surface area contributed by atoms with E-state index in [1.165, 1.54) is 24.0 Å². The molecule has 3 nitrogen and oxygen atoms in total. The van der Waals surface area contributed by atoms with Crippen molar-refractivity contribution in [1.29, 1.82) is 0 Å². The van der Waals surface area contributed by atoms with Crippen LogP contribution in [-0.2, 0) is 12.8 Å². The molecule has 1 aliphatic rings. The molecule has 1 aromatic rings. The molecule has 1 unspecified atom stereocenters. The molecule has 0 radical (unpaired) electrons. The van der Waals surface area contributed by atoms with Crippen molar-refractivity contribution < 1.29 is 9.84 Å². The first-order chi connectivity index (χ1) is 7.61. The lowest BCUT2D eigenvalue weighted by Gasteiger charge is -2.21. The van der Waals surface area contributed by atoms with Crippen LogP contribution < -0.4 is 10.5 Å². The fourth-order valence-electron chi connectivity index (χ4n) is 1.94. The van der Waals surface area contributed by atoms with Gasteiger partial charge in [-0.05, 0) is 49.4 Å². The van der Waals surface area contributed by atoms with Crippen LogP contribution in [0.1, 0.15) is 24.5 Å². The van der Waals surface area contributed by atoms with Crippen molar-refractivity contribution >= 4 is 0 Å². The molecule has 88 valence electrons. The van der Waals surface area contributed by atoms with E-state index in [4.69, 9.17) is 10.5 Å². The fraction of sp³-hybridized carbons (Fsp3) is 0.538. The van der Waals surface area contributed by atoms with E-state index in [1.807, 2.05) is 6.07 Å². The Morgan fingerprint density at radius 2 is 2.12 bits per heavy atom. The van der Waals surface area contributed by atoms with Crippen molar-refractivity contribution in [3.8, 4) is 5.75 Å². The fourth-order valence-corrected chi connectivity index (χ4v) is 1.94. The molecule has 0 amide bonds. The molecule has 0 saturated carbocycles. The summed E-state index contributed by atoms with van der Waals surface area (Å²) in [6, 6.07) is 6.17. The molecule has 2 rings (SSSR count). The molecule has 0 spiro atoms. The SMILES string of the molecule is CC(O)(CN)COc1ccc2c(c1)CCC2. The highest BCUT2D eigenvalue weighted by molar-refractivity contribution is 5.38. The third-order valence-corrected chi connectivity index (χ3v) is 3.06. The number of rotatable bonds is 4. The van der Waals surface area contributed by atoms with E-state index in [2.05, 4.69) is 12.1 Å². The quantitative estimate of drug-likeness (QED) is 0.805. The lowest BCUT2D eigenvalue weighted by Crippen LogP contribution is -2.40. The van der Waals surface area contributed by atoms with Gasteiger partial charge in [0.05, 0.1) is 0 Å². The minimum absolute atomic E-state index is 0.206. The van der Waals surface area contributed by atoms with Gasteiger partial charge in [0.1, 0.15) is 18.0 Å². The van der Waals surface area contributed by atoms with Crippen molar-refractivity contribution in [2.24, 2.45) is 5.73 Å². The molecule has 0 aliphatic heterocycles. The van der Waals surface area contributed by atoms with E-state index < -0.39 is 5.60 Å². The number of ether oxygens (including phenoxy) is 1. The summed E-state index contributed by atoms with van der Waals surface area (Å²) in [7, 11) is 0. The third-order valence-electron chi connectivity index (χ3n) is 3.06. The second kappa shape index (κ2) is 4.44. The normalized spacial score (nSPS) is 17.9. The van der Waals surface area contributed by atoms with E-state index in [0.29, 0.717) is 0 Å². The Hall–Kier alpha value is -1.06. The van der Waals surface area contributed by atoms with Crippen LogP contribution >= 0.6 is 0 Å². The van der Waals surface area contributed by atoms with Crippen LogP contribution in [0.4, 0.5) is 0 Å². The van der Waals surface area contributed by atoms with Crippen LogP contribution in [0, 0.1) is 0 Å². The van der Waals surface area contributed by atoms with Gasteiger partial charge in [-0.2, -0.15) is 0 Å². The molecule has 1 aromatic carbocycles. The van der Waals surface area contributed by atoms with Crippen LogP contribution in [0.15, 0.2) is 18.2 Å². The molecule has 1 atom stereocenters. The molecular weight excluding hydrogens is 202 g/mol. The number of aliphatic hydroxyl groups is 1. The zero-order valence-corrected chi connectivity index (χ0v) is 9.70. The minimum atomic E-state index is -0.945. The highest BCUT2D eigenvalue weighted by Gasteiger charge is 2.19. The van der Waals surface area contributed by atoms with Crippen molar-refractivity contribution in [2.45, 2.75) is 31.8 Å². The highest BCUT2D eigenvalue weighted by Crippen LogP contribution is 2.26. The van der Waals surface area contributed by atoms with Gasteiger partial charge >= 0.3 is 0 Å². The summed E-state index contributed by atoms with van der Waals surface area (Å²) >= 11 is 0. The van der Waals surface area contributed by atoms with Crippen molar-refractivity contribution in [1.82, 2.24) is 0 Å². The first kappa shape index (κ1) is 11.4. The van der Waals surface area contributed by atoms with Crippen molar-refractivity contribution in [3.05, 3.63) is 29.3 Å². The Balaban J connectivity index is 2.00. The maximum atomic E-state index is 9.73. The van der Waals surface area contributed by atoms with E-state index in [-0.39, 0.29) is 13.2 Å². The third kappa shape index (κ3) is 2.54. The Bertz CT molecular complexity index is 374. The van der Waals surface area contributed by atoms with Crippen LogP contribution in [0.5, 0.6) is 5.75 Å². The zero-order chi connectivity index (χ0) is 11.6. The van der Waals surface area contributed by atoms with Gasteiger partial charge < -0.3 is 15.6 Å². The largest absolute Gasteiger partial charge is 0.491 e. The highest BCUT2D eigenvalue weighted by atomic mass is 16.5. The van der Waals surface area contributed by atoms with Gasteiger partial charge in [0, 0.05) is 6.54 Å². The summed E-state index contributed by atoms with van der Waals surface area (Å²) in [5, 5.41) is 9.73. The van der Waals surface area contributed by atoms with E-state index >= 15 is 0 Å². The van der Waals surface area contributed by atoms with Gasteiger partial charge in [-0.25, -0.2) is 0 Å². The smallest absolute Gasteiger partial charge is 0.119 e. The maximum Gasteiger partial charge on any atom is 0.119 e. The van der Waals surface area contributed by atoms with Crippen LogP contribution in [0.25, 0.3) is 0 Å². The summed E-state index contributed by atoms with van der Waals surface area (Å²) in [5.74, 6) is 0.828. The predicted octanol–water partition coefficient (Wildman–Crippen LogP) is 1.26. The minimum Gasteiger partial charge on any atom is -0.491 e. The second-order valence-electron chi connectivity index (χ2n) is 4.77. The molecular formula is C13H19NO2. The molecule has 0 aromatic heterocycles. The Labute approximate surface area is 96.2 Å². The van der Waals surface area contributed by atoms with Crippen LogP contribution in [0.3, 0.4) is 0 Å². The van der Waals surface area contributed by atoms with E-state index in [0.717, 1.165) is 12.2 Å². The average Bonchev–Trinajstić information content (AvgIpc) is 2.73. The van der Waals surface area contributed by atoms with E-state index in [1.54, 1.807) is 6.92 Å². The molecule has 0 fully saturated rings. The van der Waals surface area contributed by atoms with Crippen LogP contribution in [0.2, 0.25) is 0 Å². The predicted molar refractivity (Wildman–Crippen MR) is 63.6 cm³/mol. The number of nitrogens with two attached hydrogens (primary N) is 1. The maximum absolute atomic E-state index is 9.73. The summed E-state index contributed by atoms with van der Waals surface area (Å²) < 4.78 is 5.56. The molecule has 3 heteroatoms. The number of aryl methyl sites for hydroxylation is 2. The Kier molecular flexibility index (Phi) is 3.17. The first-order valence-corrected chi connectivity index (χ1v) is 5.78. The standard InChI is InChI=1S/C13H19NO2/c1-13(15,8-14)9-16-12-6-5-10-3-2-4-11(10)7-12/h5-7,15H,2-4,8-9,14H2,1H3.